The van der Waals surface area contributed by atoms with Crippen LogP contribution in [0, 0.1) is 0 Å². The van der Waals surface area contributed by atoms with Crippen LogP contribution in [0.5, 0.6) is 0 Å². The molecule has 33 valence electrons. The third kappa shape index (κ3) is 2.00. The zero-order valence-corrected chi connectivity index (χ0v) is 4.19. The second-order valence-electron chi connectivity index (χ2n) is 1.11. The Balaban J connectivity index is 2.99. The van der Waals surface area contributed by atoms with Crippen LogP contribution in [0.4, 0.5) is 0 Å². The van der Waals surface area contributed by atoms with Crippen molar-refractivity contribution in [2.24, 2.45) is 0 Å². The molecular formula is C4H8BO. The van der Waals surface area contributed by atoms with Crippen molar-refractivity contribution in [3.05, 3.63) is 0 Å². The lowest BCUT2D eigenvalue weighted by Gasteiger charge is -1.79. The zero-order chi connectivity index (χ0) is 4.99. The highest BCUT2D eigenvalue weighted by molar-refractivity contribution is 6.72. The second-order valence-corrected chi connectivity index (χ2v) is 1.11. The summed E-state index contributed by atoms with van der Waals surface area (Å²) in [5.41, 5.74) is 0.218. The molecule has 0 aliphatic rings. The number of carbonyl (C=O) groups is 1. The highest BCUT2D eigenvalue weighted by Gasteiger charge is 1.89. The van der Waals surface area contributed by atoms with E-state index in [4.69, 9.17) is 0 Å². The molecule has 0 rings (SSSR count). The van der Waals surface area contributed by atoms with E-state index in [2.05, 4.69) is 0 Å². The number of hydrogen-bond acceptors (Lipinski definition) is 1. The molecule has 1 nitrogen and oxygen atoms in total. The second kappa shape index (κ2) is 2.95. The molecule has 6 heavy (non-hydrogen) atoms. The predicted molar refractivity (Wildman–Crippen MR) is 26.9 cm³/mol. The molecule has 0 heterocycles. The molecule has 0 amide bonds. The summed E-state index contributed by atoms with van der Waals surface area (Å²) in [6, 6.07) is 0. The first-order valence-electron chi connectivity index (χ1n) is 2.13. The molecular weight excluding hydrogens is 74.9 g/mol. The van der Waals surface area contributed by atoms with Gasteiger partial charge in [-0.25, -0.2) is 0 Å². The number of carbonyl (C=O) groups excluding carboxylic acids is 1. The van der Waals surface area contributed by atoms with Crippen LogP contribution in [0.1, 0.15) is 13.3 Å². The fraction of sp³-hybridized carbons (Fsp3) is 0.750. The van der Waals surface area contributed by atoms with Gasteiger partial charge in [-0.2, -0.15) is 0 Å². The van der Waals surface area contributed by atoms with Crippen molar-refractivity contribution in [2.75, 3.05) is 0 Å². The largest absolute Gasteiger partial charge is 0.312 e. The van der Waals surface area contributed by atoms with E-state index in [9.17, 15) is 4.79 Å². The zero-order valence-electron chi connectivity index (χ0n) is 4.19. The molecule has 0 aromatic heterocycles. The van der Waals surface area contributed by atoms with Crippen molar-refractivity contribution < 1.29 is 4.79 Å². The third-order valence-corrected chi connectivity index (χ3v) is 0.670. The van der Waals surface area contributed by atoms with Crippen LogP contribution in [0.25, 0.3) is 0 Å². The molecule has 0 aliphatic heterocycles. The van der Waals surface area contributed by atoms with Gasteiger partial charge in [0.05, 0.1) is 5.68 Å². The summed E-state index contributed by atoms with van der Waals surface area (Å²) in [5.74, 6) is 0. The van der Waals surface area contributed by atoms with Crippen molar-refractivity contribution in [3.63, 3.8) is 0 Å². The minimum atomic E-state index is 0.218. The van der Waals surface area contributed by atoms with E-state index < -0.39 is 0 Å². The SMILES string of the molecule is C[B]C(=O)CC. The summed E-state index contributed by atoms with van der Waals surface area (Å²) in [6.07, 6.45) is 0.635. The van der Waals surface area contributed by atoms with Crippen molar-refractivity contribution in [1.29, 1.82) is 0 Å². The average molecular weight is 82.9 g/mol. The van der Waals surface area contributed by atoms with Crippen molar-refractivity contribution >= 4 is 13.0 Å². The van der Waals surface area contributed by atoms with E-state index in [1.807, 2.05) is 6.92 Å². The van der Waals surface area contributed by atoms with Crippen LogP contribution in [-0.4, -0.2) is 13.0 Å². The van der Waals surface area contributed by atoms with Crippen LogP contribution >= 0.6 is 0 Å². The monoisotopic (exact) mass is 83.1 g/mol. The van der Waals surface area contributed by atoms with E-state index >= 15 is 0 Å². The summed E-state index contributed by atoms with van der Waals surface area (Å²) >= 11 is 0. The number of rotatable bonds is 2. The van der Waals surface area contributed by atoms with Gasteiger partial charge in [0.15, 0.2) is 7.28 Å². The minimum absolute atomic E-state index is 0.218. The summed E-state index contributed by atoms with van der Waals surface area (Å²) in [4.78, 5) is 10.1. The quantitative estimate of drug-likeness (QED) is 0.448. The van der Waals surface area contributed by atoms with Crippen molar-refractivity contribution in [3.8, 4) is 0 Å². The van der Waals surface area contributed by atoms with Gasteiger partial charge in [-0.3, -0.25) is 0 Å². The van der Waals surface area contributed by atoms with Crippen molar-refractivity contribution in [2.45, 2.75) is 20.2 Å². The predicted octanol–water partition coefficient (Wildman–Crippen LogP) is 0.675. The molecule has 0 aromatic carbocycles. The van der Waals surface area contributed by atoms with Gasteiger partial charge in [-0.15, -0.1) is 0 Å². The van der Waals surface area contributed by atoms with Crippen molar-refractivity contribution in [1.82, 2.24) is 0 Å². The molecule has 0 fully saturated rings. The highest BCUT2D eigenvalue weighted by Crippen LogP contribution is 1.73. The topological polar surface area (TPSA) is 17.1 Å². The Morgan fingerprint density at radius 2 is 2.33 bits per heavy atom. The first-order chi connectivity index (χ1) is 2.81. The molecule has 0 atom stereocenters. The third-order valence-electron chi connectivity index (χ3n) is 0.670. The van der Waals surface area contributed by atoms with E-state index in [0.717, 1.165) is 0 Å². The Morgan fingerprint density at radius 1 is 1.83 bits per heavy atom. The molecule has 0 unspecified atom stereocenters. The summed E-state index contributed by atoms with van der Waals surface area (Å²) in [5, 5.41) is 0. The molecule has 0 saturated heterocycles. The van der Waals surface area contributed by atoms with Gasteiger partial charge in [-0.1, -0.05) is 13.7 Å². The average Bonchev–Trinajstić information content (AvgIpc) is 1.65. The molecule has 0 aromatic rings. The molecule has 0 saturated carbocycles. The molecule has 2 heteroatoms. The van der Waals surface area contributed by atoms with Gasteiger partial charge in [0.25, 0.3) is 0 Å². The molecule has 0 aliphatic carbocycles. The van der Waals surface area contributed by atoms with Crippen LogP contribution in [0.15, 0.2) is 0 Å². The first kappa shape index (κ1) is 5.73. The maximum atomic E-state index is 10.1. The lowest BCUT2D eigenvalue weighted by Crippen LogP contribution is -2.00. The molecule has 1 radical (unpaired) electrons. The maximum absolute atomic E-state index is 10.1. The van der Waals surface area contributed by atoms with Gasteiger partial charge < -0.3 is 4.79 Å². The minimum Gasteiger partial charge on any atom is -0.312 e. The van der Waals surface area contributed by atoms with Crippen LogP contribution in [-0.2, 0) is 4.79 Å². The Kier molecular flexibility index (Phi) is 2.82. The molecule has 0 N–H and O–H groups in total. The van der Waals surface area contributed by atoms with Crippen LogP contribution < -0.4 is 0 Å². The van der Waals surface area contributed by atoms with Gasteiger partial charge in [-0.05, 0) is 6.42 Å². The molecule has 0 bridgehead atoms. The first-order valence-corrected chi connectivity index (χ1v) is 2.13. The lowest BCUT2D eigenvalue weighted by molar-refractivity contribution is -0.111. The summed E-state index contributed by atoms with van der Waals surface area (Å²) in [7, 11) is 1.58. The van der Waals surface area contributed by atoms with E-state index in [1.54, 1.807) is 14.1 Å². The van der Waals surface area contributed by atoms with Crippen LogP contribution in [0.3, 0.4) is 0 Å². The Labute approximate surface area is 39.0 Å². The highest BCUT2D eigenvalue weighted by atomic mass is 16.1. The Bertz CT molecular complexity index is 45.5. The lowest BCUT2D eigenvalue weighted by atomic mass is 9.75. The van der Waals surface area contributed by atoms with Gasteiger partial charge >= 0.3 is 0 Å². The van der Waals surface area contributed by atoms with E-state index in [-0.39, 0.29) is 5.68 Å². The Hall–Kier alpha value is -0.265. The Morgan fingerprint density at radius 3 is 2.33 bits per heavy atom. The van der Waals surface area contributed by atoms with Gasteiger partial charge in [0.2, 0.25) is 0 Å². The van der Waals surface area contributed by atoms with Gasteiger partial charge in [0, 0.05) is 0 Å². The van der Waals surface area contributed by atoms with Gasteiger partial charge in [0.1, 0.15) is 0 Å². The normalized spacial score (nSPS) is 7.67. The summed E-state index contributed by atoms with van der Waals surface area (Å²) < 4.78 is 0. The fourth-order valence-corrected chi connectivity index (χ4v) is 0.204. The standard InChI is InChI=1S/C4H8BO/c1-3-4(6)5-2/h3H2,1-2H3. The maximum Gasteiger partial charge on any atom is 0.198 e. The van der Waals surface area contributed by atoms with E-state index in [1.165, 1.54) is 0 Å². The number of hydrogen-bond donors (Lipinski definition) is 0. The smallest absolute Gasteiger partial charge is 0.198 e. The van der Waals surface area contributed by atoms with E-state index in [0.29, 0.717) is 6.42 Å². The van der Waals surface area contributed by atoms with Crippen LogP contribution in [0.2, 0.25) is 6.82 Å². The summed E-state index contributed by atoms with van der Waals surface area (Å²) in [6.45, 7) is 3.61. The fourth-order valence-electron chi connectivity index (χ4n) is 0.204. The molecule has 0 spiro atoms.